The molecule has 5 nitrogen and oxygen atoms in total. The monoisotopic (exact) mass is 448 g/mol. The van der Waals surface area contributed by atoms with Crippen LogP contribution in [0.4, 0.5) is 5.69 Å². The topological polar surface area (TPSA) is 71.3 Å². The Morgan fingerprint density at radius 1 is 0.853 bits per heavy atom. The van der Waals surface area contributed by atoms with Crippen molar-refractivity contribution in [2.24, 2.45) is 0 Å². The Kier molecular flexibility index (Phi) is 5.60. The van der Waals surface area contributed by atoms with Gasteiger partial charge >= 0.3 is 5.97 Å². The van der Waals surface area contributed by atoms with Gasteiger partial charge in [0.1, 0.15) is 0 Å². The highest BCUT2D eigenvalue weighted by Crippen LogP contribution is 2.27. The van der Waals surface area contributed by atoms with Crippen LogP contribution in [0.25, 0.3) is 21.7 Å². The Hall–Kier alpha value is -4.38. The molecule has 168 valence electrons. The van der Waals surface area contributed by atoms with E-state index in [2.05, 4.69) is 9.88 Å². The molecule has 0 fully saturated rings. The summed E-state index contributed by atoms with van der Waals surface area (Å²) in [4.78, 5) is 24.1. The molecule has 1 aromatic heterocycles. The van der Waals surface area contributed by atoms with Crippen LogP contribution in [0.5, 0.6) is 0 Å². The molecule has 0 spiro atoms. The number of carboxylic acid groups (broad SMARTS) is 1. The fraction of sp³-hybridized carbons (Fsp3) is 0.103. The van der Waals surface area contributed by atoms with Crippen LogP contribution in [0.2, 0.25) is 0 Å². The van der Waals surface area contributed by atoms with Crippen LogP contribution >= 0.6 is 0 Å². The summed E-state index contributed by atoms with van der Waals surface area (Å²) >= 11 is 0. The Labute approximate surface area is 197 Å². The van der Waals surface area contributed by atoms with Crippen molar-refractivity contribution < 1.29 is 14.7 Å². The van der Waals surface area contributed by atoms with Crippen molar-refractivity contribution >= 4 is 39.2 Å². The van der Waals surface area contributed by atoms with Gasteiger partial charge in [-0.25, -0.2) is 0 Å². The Bertz CT molecular complexity index is 1530. The predicted molar refractivity (Wildman–Crippen MR) is 135 cm³/mol. The first-order valence-corrected chi connectivity index (χ1v) is 11.2. The Balaban J connectivity index is 1.35. The van der Waals surface area contributed by atoms with Crippen molar-refractivity contribution in [3.63, 3.8) is 0 Å². The van der Waals surface area contributed by atoms with E-state index in [0.717, 1.165) is 44.2 Å². The number of aromatic nitrogens is 1. The summed E-state index contributed by atoms with van der Waals surface area (Å²) in [7, 11) is 0. The zero-order valence-electron chi connectivity index (χ0n) is 18.8. The highest BCUT2D eigenvalue weighted by Gasteiger charge is 2.16. The molecule has 0 aliphatic rings. The predicted octanol–water partition coefficient (Wildman–Crippen LogP) is 6.03. The SMILES string of the molecule is Cc1c(CC(=O)O)c2ccccc2n1Cc1ccc(NC(=O)c2ccc3ccccc3c2)cc1. The van der Waals surface area contributed by atoms with Gasteiger partial charge in [0.2, 0.25) is 0 Å². The lowest BCUT2D eigenvalue weighted by atomic mass is 10.1. The molecule has 0 aliphatic heterocycles. The fourth-order valence-electron chi connectivity index (χ4n) is 4.49. The summed E-state index contributed by atoms with van der Waals surface area (Å²) in [5.41, 5.74) is 5.23. The number of fused-ring (bicyclic) bond motifs is 2. The van der Waals surface area contributed by atoms with E-state index in [1.54, 1.807) is 0 Å². The minimum Gasteiger partial charge on any atom is -0.481 e. The van der Waals surface area contributed by atoms with Crippen molar-refractivity contribution in [2.75, 3.05) is 5.32 Å². The molecule has 1 heterocycles. The van der Waals surface area contributed by atoms with E-state index in [1.807, 2.05) is 97.9 Å². The highest BCUT2D eigenvalue weighted by atomic mass is 16.4. The summed E-state index contributed by atoms with van der Waals surface area (Å²) in [6, 6.07) is 29.3. The number of aliphatic carboxylic acids is 1. The molecular weight excluding hydrogens is 424 g/mol. The molecule has 34 heavy (non-hydrogen) atoms. The van der Waals surface area contributed by atoms with E-state index in [4.69, 9.17) is 0 Å². The molecule has 0 saturated carbocycles. The number of nitrogens with one attached hydrogen (secondary N) is 1. The van der Waals surface area contributed by atoms with Crippen molar-refractivity contribution in [2.45, 2.75) is 19.9 Å². The number of benzene rings is 4. The molecule has 2 N–H and O–H groups in total. The number of carboxylic acids is 1. The van der Waals surface area contributed by atoms with Gasteiger partial charge in [-0.3, -0.25) is 9.59 Å². The third-order valence-electron chi connectivity index (χ3n) is 6.25. The second-order valence-electron chi connectivity index (χ2n) is 8.45. The third-order valence-corrected chi connectivity index (χ3v) is 6.25. The van der Waals surface area contributed by atoms with Crippen LogP contribution in [0, 0.1) is 6.92 Å². The maximum absolute atomic E-state index is 12.8. The molecule has 5 heteroatoms. The molecule has 4 aromatic carbocycles. The first-order valence-electron chi connectivity index (χ1n) is 11.2. The van der Waals surface area contributed by atoms with Crippen molar-refractivity contribution in [3.05, 3.63) is 113 Å². The number of para-hydroxylation sites is 1. The quantitative estimate of drug-likeness (QED) is 0.333. The minimum atomic E-state index is -0.836. The average Bonchev–Trinajstić information content (AvgIpc) is 3.10. The van der Waals surface area contributed by atoms with Crippen LogP contribution in [0.1, 0.15) is 27.2 Å². The zero-order valence-corrected chi connectivity index (χ0v) is 18.8. The van der Waals surface area contributed by atoms with E-state index >= 15 is 0 Å². The molecule has 0 aliphatic carbocycles. The molecule has 5 rings (SSSR count). The van der Waals surface area contributed by atoms with Gasteiger partial charge < -0.3 is 15.0 Å². The van der Waals surface area contributed by atoms with E-state index < -0.39 is 5.97 Å². The normalized spacial score (nSPS) is 11.1. The number of anilines is 1. The summed E-state index contributed by atoms with van der Waals surface area (Å²) < 4.78 is 2.15. The van der Waals surface area contributed by atoms with Crippen LogP contribution in [0.15, 0.2) is 91.0 Å². The van der Waals surface area contributed by atoms with Crippen LogP contribution in [-0.4, -0.2) is 21.6 Å². The van der Waals surface area contributed by atoms with E-state index in [-0.39, 0.29) is 12.3 Å². The van der Waals surface area contributed by atoms with Gasteiger partial charge in [-0.05, 0) is 59.2 Å². The van der Waals surface area contributed by atoms with E-state index in [0.29, 0.717) is 12.1 Å². The van der Waals surface area contributed by atoms with Gasteiger partial charge in [0.15, 0.2) is 0 Å². The lowest BCUT2D eigenvalue weighted by Crippen LogP contribution is -2.12. The number of nitrogens with zero attached hydrogens (tertiary/aromatic N) is 1. The standard InChI is InChI=1S/C29H24N2O3/c1-19-26(17-28(32)33)25-8-4-5-9-27(25)31(19)18-20-10-14-24(15-11-20)30-29(34)23-13-12-21-6-2-3-7-22(21)16-23/h2-16H,17-18H2,1H3,(H,30,34)(H,32,33). The molecule has 1 amide bonds. The van der Waals surface area contributed by atoms with Gasteiger partial charge in [0, 0.05) is 34.4 Å². The molecule has 0 bridgehead atoms. The Morgan fingerprint density at radius 2 is 1.56 bits per heavy atom. The molecule has 0 atom stereocenters. The zero-order chi connectivity index (χ0) is 23.7. The first-order chi connectivity index (χ1) is 16.5. The summed E-state index contributed by atoms with van der Waals surface area (Å²) in [5.74, 6) is -0.985. The number of rotatable bonds is 6. The molecular formula is C29H24N2O3. The lowest BCUT2D eigenvalue weighted by molar-refractivity contribution is -0.136. The number of hydrogen-bond donors (Lipinski definition) is 2. The minimum absolute atomic E-state index is 0.000905. The lowest BCUT2D eigenvalue weighted by Gasteiger charge is -2.11. The number of carbonyl (C=O) groups excluding carboxylic acids is 1. The Morgan fingerprint density at radius 3 is 2.32 bits per heavy atom. The van der Waals surface area contributed by atoms with Crippen molar-refractivity contribution in [3.8, 4) is 0 Å². The summed E-state index contributed by atoms with van der Waals surface area (Å²) in [5, 5.41) is 15.4. The van der Waals surface area contributed by atoms with E-state index in [1.165, 1.54) is 0 Å². The average molecular weight is 449 g/mol. The summed E-state index contributed by atoms with van der Waals surface area (Å²) in [6.45, 7) is 2.58. The van der Waals surface area contributed by atoms with Gasteiger partial charge in [0.05, 0.1) is 6.42 Å². The van der Waals surface area contributed by atoms with Gasteiger partial charge in [-0.15, -0.1) is 0 Å². The summed E-state index contributed by atoms with van der Waals surface area (Å²) in [6.07, 6.45) is -0.000905. The van der Waals surface area contributed by atoms with Gasteiger partial charge in [0.25, 0.3) is 5.91 Å². The van der Waals surface area contributed by atoms with Crippen LogP contribution in [-0.2, 0) is 17.8 Å². The van der Waals surface area contributed by atoms with Crippen LogP contribution in [0.3, 0.4) is 0 Å². The second-order valence-corrected chi connectivity index (χ2v) is 8.45. The maximum atomic E-state index is 12.8. The largest absolute Gasteiger partial charge is 0.481 e. The van der Waals surface area contributed by atoms with E-state index in [9.17, 15) is 14.7 Å². The van der Waals surface area contributed by atoms with Crippen molar-refractivity contribution in [1.82, 2.24) is 4.57 Å². The van der Waals surface area contributed by atoms with Gasteiger partial charge in [-0.1, -0.05) is 60.7 Å². The fourth-order valence-corrected chi connectivity index (χ4v) is 4.49. The van der Waals surface area contributed by atoms with Crippen molar-refractivity contribution in [1.29, 1.82) is 0 Å². The molecule has 0 unspecified atom stereocenters. The maximum Gasteiger partial charge on any atom is 0.307 e. The number of carbonyl (C=O) groups is 2. The smallest absolute Gasteiger partial charge is 0.307 e. The highest BCUT2D eigenvalue weighted by molar-refractivity contribution is 6.06. The first kappa shape index (κ1) is 21.5. The second kappa shape index (κ2) is 8.87. The molecule has 0 saturated heterocycles. The molecule has 5 aromatic rings. The van der Waals surface area contributed by atoms with Crippen LogP contribution < -0.4 is 5.32 Å². The number of hydrogen-bond acceptors (Lipinski definition) is 2. The number of amides is 1. The van der Waals surface area contributed by atoms with Gasteiger partial charge in [-0.2, -0.15) is 0 Å². The third kappa shape index (κ3) is 4.16. The molecule has 0 radical (unpaired) electrons.